The standard InChI is InChI=1S/C23H50O2Si/c1-2-3-4-5-6-7-8-9-10-11-12-13-14-15-16-17-18-19-20-21-22-23-26(24)25/h24-26H,2-23H2,1H3. The van der Waals surface area contributed by atoms with Gasteiger partial charge in [0, 0.05) is 0 Å². The maximum Gasteiger partial charge on any atom is 0.315 e. The molecule has 0 spiro atoms. The SMILES string of the molecule is CCCCCCCCCCCCCCCCCCCCCCC[SiH](O)O. The van der Waals surface area contributed by atoms with E-state index in [1.54, 1.807) is 0 Å². The molecule has 0 aliphatic heterocycles. The topological polar surface area (TPSA) is 40.5 Å². The molecule has 0 saturated heterocycles. The second-order valence-electron chi connectivity index (χ2n) is 8.34. The fourth-order valence-electron chi connectivity index (χ4n) is 3.76. The van der Waals surface area contributed by atoms with Crippen LogP contribution in [0.4, 0.5) is 0 Å². The lowest BCUT2D eigenvalue weighted by Crippen LogP contribution is -2.09. The van der Waals surface area contributed by atoms with Crippen molar-refractivity contribution in [3.63, 3.8) is 0 Å². The van der Waals surface area contributed by atoms with Gasteiger partial charge in [-0.15, -0.1) is 0 Å². The highest BCUT2D eigenvalue weighted by Gasteiger charge is 2.00. The zero-order valence-corrected chi connectivity index (χ0v) is 19.2. The van der Waals surface area contributed by atoms with E-state index in [0.29, 0.717) is 6.04 Å². The van der Waals surface area contributed by atoms with Gasteiger partial charge in [-0.05, 0) is 6.04 Å². The maximum absolute atomic E-state index is 8.91. The summed E-state index contributed by atoms with van der Waals surface area (Å²) in [5.74, 6) is 0. The molecule has 0 bridgehead atoms. The molecule has 0 saturated carbocycles. The molecule has 0 amide bonds. The van der Waals surface area contributed by atoms with E-state index in [1.165, 1.54) is 128 Å². The van der Waals surface area contributed by atoms with Crippen molar-refractivity contribution in [2.45, 2.75) is 148 Å². The Morgan fingerprint density at radius 1 is 0.385 bits per heavy atom. The van der Waals surface area contributed by atoms with E-state index in [1.807, 2.05) is 0 Å². The quantitative estimate of drug-likeness (QED) is 0.150. The van der Waals surface area contributed by atoms with Crippen molar-refractivity contribution in [3.8, 4) is 0 Å². The van der Waals surface area contributed by atoms with Crippen molar-refractivity contribution in [1.29, 1.82) is 0 Å². The van der Waals surface area contributed by atoms with Crippen LogP contribution in [-0.2, 0) is 0 Å². The normalized spacial score (nSPS) is 11.5. The van der Waals surface area contributed by atoms with E-state index in [9.17, 15) is 0 Å². The molecular formula is C23H50O2Si. The van der Waals surface area contributed by atoms with Gasteiger partial charge in [0.2, 0.25) is 0 Å². The first-order chi connectivity index (χ1) is 12.8. The summed E-state index contributed by atoms with van der Waals surface area (Å²) in [5, 5.41) is 0. The molecule has 0 aliphatic rings. The molecule has 0 fully saturated rings. The lowest BCUT2D eigenvalue weighted by molar-refractivity contribution is 0.401. The first-order valence-electron chi connectivity index (χ1n) is 12.1. The predicted octanol–water partition coefficient (Wildman–Crippen LogP) is 7.40. The Balaban J connectivity index is 2.97. The third kappa shape index (κ3) is 24.1. The Labute approximate surface area is 167 Å². The molecule has 26 heavy (non-hydrogen) atoms. The van der Waals surface area contributed by atoms with Crippen LogP contribution in [0, 0.1) is 0 Å². The second-order valence-corrected chi connectivity index (χ2v) is 9.88. The molecule has 0 aromatic heterocycles. The van der Waals surface area contributed by atoms with Gasteiger partial charge < -0.3 is 9.59 Å². The van der Waals surface area contributed by atoms with Crippen LogP contribution in [0.25, 0.3) is 0 Å². The molecule has 2 N–H and O–H groups in total. The van der Waals surface area contributed by atoms with Gasteiger partial charge >= 0.3 is 9.28 Å². The average molecular weight is 387 g/mol. The zero-order valence-electron chi connectivity index (χ0n) is 18.0. The third-order valence-corrected chi connectivity index (χ3v) is 6.49. The summed E-state index contributed by atoms with van der Waals surface area (Å²) in [6, 6.07) is 0.680. The van der Waals surface area contributed by atoms with Gasteiger partial charge in [0.05, 0.1) is 0 Å². The van der Waals surface area contributed by atoms with Crippen molar-refractivity contribution in [2.24, 2.45) is 0 Å². The fraction of sp³-hybridized carbons (Fsp3) is 1.00. The summed E-state index contributed by atoms with van der Waals surface area (Å²) in [6.07, 6.45) is 29.3. The largest absolute Gasteiger partial charge is 0.413 e. The van der Waals surface area contributed by atoms with Crippen molar-refractivity contribution in [3.05, 3.63) is 0 Å². The van der Waals surface area contributed by atoms with Crippen LogP contribution >= 0.6 is 0 Å². The summed E-state index contributed by atoms with van der Waals surface area (Å²) in [5.41, 5.74) is 0. The van der Waals surface area contributed by atoms with Crippen molar-refractivity contribution < 1.29 is 9.59 Å². The molecule has 0 unspecified atom stereocenters. The van der Waals surface area contributed by atoms with Crippen LogP contribution in [0.15, 0.2) is 0 Å². The summed E-state index contributed by atoms with van der Waals surface area (Å²) in [7, 11) is -2.27. The van der Waals surface area contributed by atoms with Crippen molar-refractivity contribution >= 4 is 9.28 Å². The molecule has 0 aromatic rings. The summed E-state index contributed by atoms with van der Waals surface area (Å²) >= 11 is 0. The van der Waals surface area contributed by atoms with Gasteiger partial charge in [-0.2, -0.15) is 0 Å². The van der Waals surface area contributed by atoms with Gasteiger partial charge in [0.1, 0.15) is 0 Å². The van der Waals surface area contributed by atoms with Gasteiger partial charge in [-0.3, -0.25) is 0 Å². The third-order valence-electron chi connectivity index (χ3n) is 5.57. The fourth-order valence-corrected chi connectivity index (χ4v) is 4.41. The number of hydrogen-bond acceptors (Lipinski definition) is 2. The highest BCUT2D eigenvalue weighted by Crippen LogP contribution is 2.15. The first-order valence-corrected chi connectivity index (χ1v) is 14.0. The second kappa shape index (κ2) is 23.2. The molecule has 0 aliphatic carbocycles. The molecule has 0 rings (SSSR count). The predicted molar refractivity (Wildman–Crippen MR) is 119 cm³/mol. The lowest BCUT2D eigenvalue weighted by Gasteiger charge is -2.04. The van der Waals surface area contributed by atoms with E-state index in [-0.39, 0.29) is 0 Å². The maximum atomic E-state index is 8.91. The molecule has 2 nitrogen and oxygen atoms in total. The van der Waals surface area contributed by atoms with Gasteiger partial charge in [-0.25, -0.2) is 0 Å². The Hall–Kier alpha value is 0.137. The molecule has 0 heterocycles. The molecular weight excluding hydrogens is 336 g/mol. The Kier molecular flexibility index (Phi) is 23.3. The minimum absolute atomic E-state index is 0.680. The molecule has 0 radical (unpaired) electrons. The van der Waals surface area contributed by atoms with Crippen LogP contribution in [0.5, 0.6) is 0 Å². The van der Waals surface area contributed by atoms with Gasteiger partial charge in [0.25, 0.3) is 0 Å². The van der Waals surface area contributed by atoms with E-state index >= 15 is 0 Å². The van der Waals surface area contributed by atoms with Crippen LogP contribution in [0.2, 0.25) is 6.04 Å². The highest BCUT2D eigenvalue weighted by atomic mass is 28.3. The number of rotatable bonds is 22. The summed E-state index contributed by atoms with van der Waals surface area (Å²) in [6.45, 7) is 2.29. The molecule has 3 heteroatoms. The highest BCUT2D eigenvalue weighted by molar-refractivity contribution is 6.40. The summed E-state index contributed by atoms with van der Waals surface area (Å²) < 4.78 is 0. The van der Waals surface area contributed by atoms with E-state index in [2.05, 4.69) is 6.92 Å². The van der Waals surface area contributed by atoms with Gasteiger partial charge in [0.15, 0.2) is 0 Å². The smallest absolute Gasteiger partial charge is 0.315 e. The molecule has 0 aromatic carbocycles. The van der Waals surface area contributed by atoms with E-state index in [0.717, 1.165) is 6.42 Å². The Morgan fingerprint density at radius 2 is 0.615 bits per heavy atom. The lowest BCUT2D eigenvalue weighted by atomic mass is 10.0. The Bertz CT molecular complexity index is 246. The zero-order chi connectivity index (χ0) is 19.1. The van der Waals surface area contributed by atoms with Crippen LogP contribution in [0.3, 0.4) is 0 Å². The monoisotopic (exact) mass is 386 g/mol. The minimum atomic E-state index is -2.27. The van der Waals surface area contributed by atoms with Crippen LogP contribution in [0.1, 0.15) is 142 Å². The van der Waals surface area contributed by atoms with Crippen LogP contribution in [-0.4, -0.2) is 18.9 Å². The average Bonchev–Trinajstić information content (AvgIpc) is 2.62. The van der Waals surface area contributed by atoms with E-state index in [4.69, 9.17) is 9.59 Å². The number of hydrogen-bond donors (Lipinski definition) is 2. The minimum Gasteiger partial charge on any atom is -0.413 e. The Morgan fingerprint density at radius 3 is 0.846 bits per heavy atom. The van der Waals surface area contributed by atoms with Gasteiger partial charge in [-0.1, -0.05) is 142 Å². The van der Waals surface area contributed by atoms with Crippen LogP contribution < -0.4 is 0 Å². The van der Waals surface area contributed by atoms with Crippen molar-refractivity contribution in [2.75, 3.05) is 0 Å². The summed E-state index contributed by atoms with van der Waals surface area (Å²) in [4.78, 5) is 17.8. The molecule has 158 valence electrons. The number of unbranched alkanes of at least 4 members (excludes halogenated alkanes) is 20. The first kappa shape index (κ1) is 26.1. The molecule has 0 atom stereocenters. The van der Waals surface area contributed by atoms with E-state index < -0.39 is 9.28 Å². The van der Waals surface area contributed by atoms with Crippen molar-refractivity contribution in [1.82, 2.24) is 0 Å².